The molecule has 104 valence electrons. The summed E-state index contributed by atoms with van der Waals surface area (Å²) in [6.45, 7) is 0.918. The van der Waals surface area contributed by atoms with Crippen LogP contribution in [0.1, 0.15) is 10.5 Å². The number of fused-ring (bicyclic) bond motifs is 1. The third-order valence-electron chi connectivity index (χ3n) is 3.36. The van der Waals surface area contributed by atoms with Crippen LogP contribution in [0.3, 0.4) is 0 Å². The third-order valence-corrected chi connectivity index (χ3v) is 4.64. The molecule has 0 atom stereocenters. The fourth-order valence-corrected chi connectivity index (χ4v) is 3.32. The number of nitrogens with one attached hydrogen (secondary N) is 1. The first-order valence-corrected chi connectivity index (χ1v) is 7.77. The Morgan fingerprint density at radius 1 is 1.20 bits per heavy atom. The fraction of sp³-hybridized carbons (Fsp3) is 0.308. The van der Waals surface area contributed by atoms with Crippen LogP contribution >= 0.6 is 0 Å². The van der Waals surface area contributed by atoms with Gasteiger partial charge in [0.1, 0.15) is 0 Å². The SMILES string of the molecule is O=C(c1n[nH]c(=O)c2ccccc12)N1CCS(=O)CC1. The van der Waals surface area contributed by atoms with Gasteiger partial charge in [0.2, 0.25) is 0 Å². The van der Waals surface area contributed by atoms with Crippen molar-refractivity contribution < 1.29 is 9.00 Å². The van der Waals surface area contributed by atoms with E-state index >= 15 is 0 Å². The molecule has 2 heterocycles. The summed E-state index contributed by atoms with van der Waals surface area (Å²) >= 11 is 0. The van der Waals surface area contributed by atoms with E-state index in [0.29, 0.717) is 35.4 Å². The van der Waals surface area contributed by atoms with E-state index in [-0.39, 0.29) is 17.2 Å². The van der Waals surface area contributed by atoms with Crippen molar-refractivity contribution in [3.8, 4) is 0 Å². The Morgan fingerprint density at radius 2 is 1.85 bits per heavy atom. The second-order valence-electron chi connectivity index (χ2n) is 4.59. The van der Waals surface area contributed by atoms with Gasteiger partial charge in [-0.1, -0.05) is 18.2 Å². The Labute approximate surface area is 117 Å². The molecule has 0 unspecified atom stereocenters. The maximum atomic E-state index is 12.5. The molecular formula is C13H13N3O3S. The van der Waals surface area contributed by atoms with Gasteiger partial charge in [0.15, 0.2) is 5.69 Å². The van der Waals surface area contributed by atoms with E-state index in [1.54, 1.807) is 29.2 Å². The van der Waals surface area contributed by atoms with Gasteiger partial charge >= 0.3 is 0 Å². The first kappa shape index (κ1) is 13.0. The van der Waals surface area contributed by atoms with Crippen LogP contribution in [0.2, 0.25) is 0 Å². The van der Waals surface area contributed by atoms with Crippen LogP contribution in [0.5, 0.6) is 0 Å². The van der Waals surface area contributed by atoms with E-state index in [9.17, 15) is 13.8 Å². The molecule has 0 aliphatic carbocycles. The molecule has 0 bridgehead atoms. The second-order valence-corrected chi connectivity index (χ2v) is 6.28. The fourth-order valence-electron chi connectivity index (χ4n) is 2.27. The van der Waals surface area contributed by atoms with Crippen LogP contribution in [0.15, 0.2) is 29.1 Å². The lowest BCUT2D eigenvalue weighted by Crippen LogP contribution is -2.42. The molecule has 1 saturated heterocycles. The van der Waals surface area contributed by atoms with E-state index in [4.69, 9.17) is 0 Å². The maximum Gasteiger partial charge on any atom is 0.274 e. The smallest absolute Gasteiger partial charge is 0.274 e. The molecule has 1 aliphatic heterocycles. The highest BCUT2D eigenvalue weighted by Gasteiger charge is 2.24. The number of hydrogen-bond donors (Lipinski definition) is 1. The molecule has 0 radical (unpaired) electrons. The lowest BCUT2D eigenvalue weighted by atomic mass is 10.1. The number of carbonyl (C=O) groups is 1. The maximum absolute atomic E-state index is 12.5. The van der Waals surface area contributed by atoms with Gasteiger partial charge in [-0.2, -0.15) is 5.10 Å². The molecule has 1 fully saturated rings. The summed E-state index contributed by atoms with van der Waals surface area (Å²) in [6, 6.07) is 6.89. The summed E-state index contributed by atoms with van der Waals surface area (Å²) in [5.74, 6) is 0.759. The van der Waals surface area contributed by atoms with E-state index in [0.717, 1.165) is 0 Å². The summed E-state index contributed by atoms with van der Waals surface area (Å²) in [4.78, 5) is 25.8. The predicted octanol–water partition coefficient (Wildman–Crippen LogP) is 0.128. The zero-order chi connectivity index (χ0) is 14.1. The molecule has 1 N–H and O–H groups in total. The topological polar surface area (TPSA) is 83.1 Å². The lowest BCUT2D eigenvalue weighted by molar-refractivity contribution is 0.0766. The molecule has 1 aliphatic rings. The molecule has 1 aromatic heterocycles. The summed E-state index contributed by atoms with van der Waals surface area (Å²) in [6.07, 6.45) is 0. The molecule has 1 amide bonds. The van der Waals surface area contributed by atoms with Crippen LogP contribution in [0, 0.1) is 0 Å². The predicted molar refractivity (Wildman–Crippen MR) is 76.1 cm³/mol. The summed E-state index contributed by atoms with van der Waals surface area (Å²) < 4.78 is 11.3. The van der Waals surface area contributed by atoms with Gasteiger partial charge in [0.05, 0.1) is 5.39 Å². The number of nitrogens with zero attached hydrogens (tertiary/aromatic N) is 2. The Kier molecular flexibility index (Phi) is 3.35. The van der Waals surface area contributed by atoms with Crippen LogP contribution in [0.25, 0.3) is 10.8 Å². The number of aromatic amines is 1. The van der Waals surface area contributed by atoms with E-state index in [2.05, 4.69) is 10.2 Å². The highest BCUT2D eigenvalue weighted by Crippen LogP contribution is 2.15. The first-order valence-electron chi connectivity index (χ1n) is 6.28. The van der Waals surface area contributed by atoms with Gasteiger partial charge in [-0.15, -0.1) is 0 Å². The number of carbonyl (C=O) groups excluding carboxylic acids is 1. The Bertz CT molecular complexity index is 746. The van der Waals surface area contributed by atoms with Gasteiger partial charge in [-0.05, 0) is 6.07 Å². The van der Waals surface area contributed by atoms with Crippen molar-refractivity contribution in [2.24, 2.45) is 0 Å². The lowest BCUT2D eigenvalue weighted by Gasteiger charge is -2.26. The molecular weight excluding hydrogens is 278 g/mol. The van der Waals surface area contributed by atoms with Gasteiger partial charge in [0, 0.05) is 40.8 Å². The summed E-state index contributed by atoms with van der Waals surface area (Å²) in [5.41, 5.74) is -0.0650. The molecule has 3 rings (SSSR count). The summed E-state index contributed by atoms with van der Waals surface area (Å²) in [7, 11) is -0.837. The minimum Gasteiger partial charge on any atom is -0.335 e. The number of H-pyrrole nitrogens is 1. The van der Waals surface area contributed by atoms with Gasteiger partial charge < -0.3 is 4.90 Å². The quantitative estimate of drug-likeness (QED) is 0.809. The number of benzene rings is 1. The van der Waals surface area contributed by atoms with Crippen molar-refractivity contribution in [1.82, 2.24) is 15.1 Å². The standard InChI is InChI=1S/C13H13N3O3S/c17-12-10-4-2-1-3-9(10)11(14-15-12)13(18)16-5-7-20(19)8-6-16/h1-4H,5-8H2,(H,15,17). The van der Waals surface area contributed by atoms with Gasteiger partial charge in [-0.25, -0.2) is 5.10 Å². The van der Waals surface area contributed by atoms with Gasteiger partial charge in [0.25, 0.3) is 11.5 Å². The second kappa shape index (κ2) is 5.16. The van der Waals surface area contributed by atoms with Crippen LogP contribution in [0.4, 0.5) is 0 Å². The molecule has 1 aromatic carbocycles. The number of amides is 1. The highest BCUT2D eigenvalue weighted by molar-refractivity contribution is 7.85. The molecule has 0 saturated carbocycles. The zero-order valence-electron chi connectivity index (χ0n) is 10.7. The molecule has 6 nitrogen and oxygen atoms in total. The molecule has 0 spiro atoms. The number of aromatic nitrogens is 2. The highest BCUT2D eigenvalue weighted by atomic mass is 32.2. The minimum atomic E-state index is -0.837. The summed E-state index contributed by atoms with van der Waals surface area (Å²) in [5, 5.41) is 7.25. The number of hydrogen-bond acceptors (Lipinski definition) is 4. The first-order chi connectivity index (χ1) is 9.66. The minimum absolute atomic E-state index is 0.228. The monoisotopic (exact) mass is 291 g/mol. The van der Waals surface area contributed by atoms with Crippen molar-refractivity contribution >= 4 is 27.5 Å². The van der Waals surface area contributed by atoms with Crippen molar-refractivity contribution in [2.45, 2.75) is 0 Å². The molecule has 7 heteroatoms. The largest absolute Gasteiger partial charge is 0.335 e. The third kappa shape index (κ3) is 2.24. The Morgan fingerprint density at radius 3 is 2.55 bits per heavy atom. The Hall–Kier alpha value is -2.02. The van der Waals surface area contributed by atoms with E-state index in [1.165, 1.54) is 0 Å². The van der Waals surface area contributed by atoms with E-state index in [1.807, 2.05) is 0 Å². The molecule has 20 heavy (non-hydrogen) atoms. The van der Waals surface area contributed by atoms with Crippen molar-refractivity contribution in [3.63, 3.8) is 0 Å². The van der Waals surface area contributed by atoms with Crippen LogP contribution < -0.4 is 5.56 Å². The Balaban J connectivity index is 2.02. The van der Waals surface area contributed by atoms with Crippen LogP contribution in [-0.2, 0) is 10.8 Å². The average Bonchev–Trinajstić information content (AvgIpc) is 2.48. The van der Waals surface area contributed by atoms with Crippen molar-refractivity contribution in [2.75, 3.05) is 24.6 Å². The normalized spacial score (nSPS) is 16.5. The number of rotatable bonds is 1. The molecule has 2 aromatic rings. The van der Waals surface area contributed by atoms with E-state index < -0.39 is 10.8 Å². The zero-order valence-corrected chi connectivity index (χ0v) is 11.5. The average molecular weight is 291 g/mol. The van der Waals surface area contributed by atoms with Crippen molar-refractivity contribution in [1.29, 1.82) is 0 Å². The van der Waals surface area contributed by atoms with Gasteiger partial charge in [-0.3, -0.25) is 13.8 Å². The van der Waals surface area contributed by atoms with Crippen molar-refractivity contribution in [3.05, 3.63) is 40.3 Å². The van der Waals surface area contributed by atoms with Crippen LogP contribution in [-0.4, -0.2) is 49.8 Å².